The maximum absolute atomic E-state index is 12.0. The standard InChI is InChI=1S/C17H23NO3/c1-12-10-11-15(14-7-3-2-6-13(12)14)18-16(19)8-4-5-9-17(20)21/h2-3,6-7,12,15H,4-5,8-11H2,1H3,(H,18,19)(H,20,21). The molecular weight excluding hydrogens is 266 g/mol. The van der Waals surface area contributed by atoms with E-state index in [1.165, 1.54) is 11.1 Å². The predicted octanol–water partition coefficient (Wildman–Crippen LogP) is 3.39. The van der Waals surface area contributed by atoms with Crippen LogP contribution in [0.4, 0.5) is 0 Å². The second-order valence-corrected chi connectivity index (χ2v) is 5.83. The average molecular weight is 289 g/mol. The molecule has 1 aromatic rings. The largest absolute Gasteiger partial charge is 0.481 e. The van der Waals surface area contributed by atoms with Crippen LogP contribution >= 0.6 is 0 Å². The van der Waals surface area contributed by atoms with Gasteiger partial charge in [-0.2, -0.15) is 0 Å². The first-order valence-electron chi connectivity index (χ1n) is 7.68. The number of hydrogen-bond donors (Lipinski definition) is 2. The fraction of sp³-hybridized carbons (Fsp3) is 0.529. The van der Waals surface area contributed by atoms with Crippen LogP contribution in [0, 0.1) is 0 Å². The van der Waals surface area contributed by atoms with Crippen LogP contribution < -0.4 is 5.32 Å². The first kappa shape index (κ1) is 15.5. The third-order valence-corrected chi connectivity index (χ3v) is 4.17. The molecule has 1 aliphatic rings. The molecule has 0 saturated heterocycles. The Kier molecular flexibility index (Phi) is 5.37. The molecule has 0 bridgehead atoms. The van der Waals surface area contributed by atoms with Gasteiger partial charge in [0, 0.05) is 12.8 Å². The summed E-state index contributed by atoms with van der Waals surface area (Å²) in [6, 6.07) is 8.41. The average Bonchev–Trinajstić information content (AvgIpc) is 2.47. The zero-order valence-corrected chi connectivity index (χ0v) is 12.5. The van der Waals surface area contributed by atoms with Crippen molar-refractivity contribution in [1.82, 2.24) is 5.32 Å². The highest BCUT2D eigenvalue weighted by Crippen LogP contribution is 2.36. The highest BCUT2D eigenvalue weighted by molar-refractivity contribution is 5.76. The number of unbranched alkanes of at least 4 members (excludes halogenated alkanes) is 1. The van der Waals surface area contributed by atoms with Crippen LogP contribution in [-0.4, -0.2) is 17.0 Å². The van der Waals surface area contributed by atoms with Crippen LogP contribution in [0.15, 0.2) is 24.3 Å². The maximum Gasteiger partial charge on any atom is 0.303 e. The first-order valence-corrected chi connectivity index (χ1v) is 7.68. The van der Waals surface area contributed by atoms with Crippen molar-refractivity contribution in [3.05, 3.63) is 35.4 Å². The van der Waals surface area contributed by atoms with Crippen LogP contribution in [0.2, 0.25) is 0 Å². The lowest BCUT2D eigenvalue weighted by Gasteiger charge is -2.30. The summed E-state index contributed by atoms with van der Waals surface area (Å²) in [5.74, 6) is -0.231. The smallest absolute Gasteiger partial charge is 0.303 e. The van der Waals surface area contributed by atoms with E-state index in [1.807, 2.05) is 12.1 Å². The molecule has 0 aliphatic heterocycles. The van der Waals surface area contributed by atoms with Gasteiger partial charge < -0.3 is 10.4 Å². The summed E-state index contributed by atoms with van der Waals surface area (Å²) in [4.78, 5) is 22.4. The molecule has 2 atom stereocenters. The van der Waals surface area contributed by atoms with E-state index in [-0.39, 0.29) is 18.4 Å². The van der Waals surface area contributed by atoms with Crippen molar-refractivity contribution < 1.29 is 14.7 Å². The van der Waals surface area contributed by atoms with Gasteiger partial charge in [-0.1, -0.05) is 31.2 Å². The predicted molar refractivity (Wildman–Crippen MR) is 81.1 cm³/mol. The van der Waals surface area contributed by atoms with Gasteiger partial charge in [0.05, 0.1) is 6.04 Å². The van der Waals surface area contributed by atoms with E-state index in [9.17, 15) is 9.59 Å². The molecular formula is C17H23NO3. The van der Waals surface area contributed by atoms with E-state index in [0.717, 1.165) is 12.8 Å². The van der Waals surface area contributed by atoms with Crippen LogP contribution in [0.1, 0.15) is 68.5 Å². The molecule has 4 heteroatoms. The Morgan fingerprint density at radius 2 is 1.81 bits per heavy atom. The minimum absolute atomic E-state index is 0.0229. The first-order chi connectivity index (χ1) is 10.1. The van der Waals surface area contributed by atoms with Crippen LogP contribution in [0.3, 0.4) is 0 Å². The summed E-state index contributed by atoms with van der Waals surface area (Å²) in [7, 11) is 0. The Bertz CT molecular complexity index is 513. The number of hydrogen-bond acceptors (Lipinski definition) is 2. The van der Waals surface area contributed by atoms with E-state index in [0.29, 0.717) is 25.2 Å². The molecule has 2 unspecified atom stereocenters. The minimum Gasteiger partial charge on any atom is -0.481 e. The van der Waals surface area contributed by atoms with Gasteiger partial charge in [0.25, 0.3) is 0 Å². The van der Waals surface area contributed by atoms with Crippen LogP contribution in [0.5, 0.6) is 0 Å². The summed E-state index contributed by atoms with van der Waals surface area (Å²) in [5.41, 5.74) is 2.56. The molecule has 0 radical (unpaired) electrons. The summed E-state index contributed by atoms with van der Waals surface area (Å²) in [6.45, 7) is 2.22. The number of amides is 1. The molecule has 1 amide bonds. The number of carbonyl (C=O) groups excluding carboxylic acids is 1. The SMILES string of the molecule is CC1CCC(NC(=O)CCCCC(=O)O)c2ccccc21. The number of nitrogens with one attached hydrogen (secondary N) is 1. The Morgan fingerprint density at radius 1 is 1.14 bits per heavy atom. The topological polar surface area (TPSA) is 66.4 Å². The number of carboxylic acids is 1. The molecule has 0 spiro atoms. The summed E-state index contributed by atoms with van der Waals surface area (Å²) in [5, 5.41) is 11.7. The van der Waals surface area contributed by atoms with Crippen LogP contribution in [-0.2, 0) is 9.59 Å². The lowest BCUT2D eigenvalue weighted by molar-refractivity contribution is -0.137. The van der Waals surface area contributed by atoms with Gasteiger partial charge in [-0.05, 0) is 42.7 Å². The highest BCUT2D eigenvalue weighted by atomic mass is 16.4. The lowest BCUT2D eigenvalue weighted by atomic mass is 9.81. The second kappa shape index (κ2) is 7.25. The fourth-order valence-corrected chi connectivity index (χ4v) is 2.98. The van der Waals surface area contributed by atoms with Gasteiger partial charge in [-0.15, -0.1) is 0 Å². The van der Waals surface area contributed by atoms with E-state index in [4.69, 9.17) is 5.11 Å². The highest BCUT2D eigenvalue weighted by Gasteiger charge is 2.25. The normalized spacial score (nSPS) is 20.6. The Hall–Kier alpha value is -1.84. The van der Waals surface area contributed by atoms with Crippen molar-refractivity contribution in [2.75, 3.05) is 0 Å². The van der Waals surface area contributed by atoms with Crippen molar-refractivity contribution in [3.63, 3.8) is 0 Å². The van der Waals surface area contributed by atoms with E-state index < -0.39 is 5.97 Å². The molecule has 21 heavy (non-hydrogen) atoms. The lowest BCUT2D eigenvalue weighted by Crippen LogP contribution is -2.31. The molecule has 1 aromatic carbocycles. The van der Waals surface area contributed by atoms with E-state index in [1.54, 1.807) is 0 Å². The number of rotatable bonds is 6. The zero-order chi connectivity index (χ0) is 15.2. The molecule has 0 heterocycles. The van der Waals surface area contributed by atoms with Gasteiger partial charge in [0.2, 0.25) is 5.91 Å². The van der Waals surface area contributed by atoms with Gasteiger partial charge in [0.15, 0.2) is 0 Å². The molecule has 114 valence electrons. The minimum atomic E-state index is -0.800. The maximum atomic E-state index is 12.0. The molecule has 0 aromatic heterocycles. The number of fused-ring (bicyclic) bond motifs is 1. The van der Waals surface area contributed by atoms with Gasteiger partial charge in [-0.25, -0.2) is 0 Å². The number of benzene rings is 1. The van der Waals surface area contributed by atoms with Crippen molar-refractivity contribution in [2.45, 2.75) is 57.4 Å². The summed E-state index contributed by atoms with van der Waals surface area (Å²) >= 11 is 0. The summed E-state index contributed by atoms with van der Waals surface area (Å²) in [6.07, 6.45) is 3.78. The van der Waals surface area contributed by atoms with Gasteiger partial charge in [0.1, 0.15) is 0 Å². The molecule has 0 fully saturated rings. The van der Waals surface area contributed by atoms with Crippen molar-refractivity contribution >= 4 is 11.9 Å². The van der Waals surface area contributed by atoms with Crippen molar-refractivity contribution in [3.8, 4) is 0 Å². The fourth-order valence-electron chi connectivity index (χ4n) is 2.98. The zero-order valence-electron chi connectivity index (χ0n) is 12.5. The monoisotopic (exact) mass is 289 g/mol. The Labute approximate surface area is 125 Å². The van der Waals surface area contributed by atoms with Crippen LogP contribution in [0.25, 0.3) is 0 Å². The van der Waals surface area contributed by atoms with Gasteiger partial charge in [-0.3, -0.25) is 9.59 Å². The summed E-state index contributed by atoms with van der Waals surface area (Å²) < 4.78 is 0. The van der Waals surface area contributed by atoms with E-state index in [2.05, 4.69) is 24.4 Å². The number of aliphatic carboxylic acids is 1. The quantitative estimate of drug-likeness (QED) is 0.789. The molecule has 4 nitrogen and oxygen atoms in total. The van der Waals surface area contributed by atoms with Gasteiger partial charge >= 0.3 is 5.97 Å². The molecule has 2 rings (SSSR count). The van der Waals surface area contributed by atoms with E-state index >= 15 is 0 Å². The Balaban J connectivity index is 1.87. The Morgan fingerprint density at radius 3 is 2.52 bits per heavy atom. The molecule has 1 aliphatic carbocycles. The third kappa shape index (κ3) is 4.31. The number of carbonyl (C=O) groups is 2. The molecule has 0 saturated carbocycles. The number of carboxylic acid groups (broad SMARTS) is 1. The van der Waals surface area contributed by atoms with Crippen molar-refractivity contribution in [1.29, 1.82) is 0 Å². The second-order valence-electron chi connectivity index (χ2n) is 5.83. The van der Waals surface area contributed by atoms with Crippen molar-refractivity contribution in [2.24, 2.45) is 0 Å². The third-order valence-electron chi connectivity index (χ3n) is 4.17. The molecule has 2 N–H and O–H groups in total.